The SMILES string of the molecule is Cc1ccc(-c2cc(Nc3ccncc3)c3ccccc3n2)cc1Cl. The molecule has 4 rings (SSSR count). The van der Waals surface area contributed by atoms with E-state index in [2.05, 4.69) is 28.5 Å². The molecule has 0 unspecified atom stereocenters. The number of anilines is 2. The Bertz CT molecular complexity index is 1050. The molecule has 0 spiro atoms. The quantitative estimate of drug-likeness (QED) is 0.494. The van der Waals surface area contributed by atoms with Crippen molar-refractivity contribution in [3.8, 4) is 11.3 Å². The van der Waals surface area contributed by atoms with Crippen LogP contribution < -0.4 is 5.32 Å². The molecule has 0 atom stereocenters. The van der Waals surface area contributed by atoms with Crippen LogP contribution in [0.1, 0.15) is 5.56 Å². The number of benzene rings is 2. The Kier molecular flexibility index (Phi) is 4.08. The number of rotatable bonds is 3. The molecule has 0 fully saturated rings. The molecule has 0 bridgehead atoms. The summed E-state index contributed by atoms with van der Waals surface area (Å²) in [6.07, 6.45) is 3.54. The van der Waals surface area contributed by atoms with Crippen molar-refractivity contribution in [2.24, 2.45) is 0 Å². The number of aryl methyl sites for hydroxylation is 1. The molecule has 1 N–H and O–H groups in total. The van der Waals surface area contributed by atoms with Crippen LogP contribution in [0.5, 0.6) is 0 Å². The Hall–Kier alpha value is -2.91. The molecule has 2 heterocycles. The van der Waals surface area contributed by atoms with E-state index in [-0.39, 0.29) is 0 Å². The number of fused-ring (bicyclic) bond motifs is 1. The number of halogens is 1. The maximum Gasteiger partial charge on any atom is 0.0730 e. The minimum Gasteiger partial charge on any atom is -0.355 e. The van der Waals surface area contributed by atoms with E-state index in [1.54, 1.807) is 12.4 Å². The number of hydrogen-bond donors (Lipinski definition) is 1. The van der Waals surface area contributed by atoms with Gasteiger partial charge in [-0.1, -0.05) is 41.9 Å². The van der Waals surface area contributed by atoms with Crippen LogP contribution in [0.15, 0.2) is 73.1 Å². The predicted molar refractivity (Wildman–Crippen MR) is 104 cm³/mol. The van der Waals surface area contributed by atoms with Gasteiger partial charge in [0.25, 0.3) is 0 Å². The minimum absolute atomic E-state index is 0.746. The fourth-order valence-corrected chi connectivity index (χ4v) is 2.95. The van der Waals surface area contributed by atoms with Gasteiger partial charge in [-0.2, -0.15) is 0 Å². The Morgan fingerprint density at radius 3 is 2.52 bits per heavy atom. The van der Waals surface area contributed by atoms with E-state index in [0.29, 0.717) is 0 Å². The van der Waals surface area contributed by atoms with Crippen molar-refractivity contribution >= 4 is 33.9 Å². The topological polar surface area (TPSA) is 37.8 Å². The molecule has 0 aliphatic carbocycles. The molecular weight excluding hydrogens is 330 g/mol. The maximum atomic E-state index is 6.30. The summed E-state index contributed by atoms with van der Waals surface area (Å²) in [5.41, 5.74) is 5.87. The number of nitrogens with zero attached hydrogens (tertiary/aromatic N) is 2. The summed E-state index contributed by atoms with van der Waals surface area (Å²) >= 11 is 6.30. The van der Waals surface area contributed by atoms with Crippen molar-refractivity contribution in [3.05, 3.63) is 83.6 Å². The third-order valence-electron chi connectivity index (χ3n) is 4.14. The van der Waals surface area contributed by atoms with Crippen LogP contribution in [0.25, 0.3) is 22.2 Å². The van der Waals surface area contributed by atoms with E-state index >= 15 is 0 Å². The van der Waals surface area contributed by atoms with Crippen molar-refractivity contribution in [2.75, 3.05) is 5.32 Å². The number of pyridine rings is 2. The molecule has 2 aromatic carbocycles. The molecule has 2 aromatic heterocycles. The van der Waals surface area contributed by atoms with E-state index in [1.165, 1.54) is 0 Å². The summed E-state index contributed by atoms with van der Waals surface area (Å²) in [6.45, 7) is 2.00. The summed E-state index contributed by atoms with van der Waals surface area (Å²) in [4.78, 5) is 8.87. The lowest BCUT2D eigenvalue weighted by Gasteiger charge is -2.12. The van der Waals surface area contributed by atoms with Crippen LogP contribution in [0, 0.1) is 6.92 Å². The maximum absolute atomic E-state index is 6.30. The summed E-state index contributed by atoms with van der Waals surface area (Å²) in [5.74, 6) is 0. The second kappa shape index (κ2) is 6.54. The van der Waals surface area contributed by atoms with Gasteiger partial charge >= 0.3 is 0 Å². The average Bonchev–Trinajstić information content (AvgIpc) is 2.65. The zero-order valence-corrected chi connectivity index (χ0v) is 14.5. The largest absolute Gasteiger partial charge is 0.355 e. The van der Waals surface area contributed by atoms with Crippen molar-refractivity contribution in [2.45, 2.75) is 6.92 Å². The van der Waals surface area contributed by atoms with Crippen molar-refractivity contribution in [1.82, 2.24) is 9.97 Å². The van der Waals surface area contributed by atoms with Crippen molar-refractivity contribution in [3.63, 3.8) is 0 Å². The molecule has 0 amide bonds. The fourth-order valence-electron chi connectivity index (χ4n) is 2.77. The van der Waals surface area contributed by atoms with E-state index in [4.69, 9.17) is 16.6 Å². The average molecular weight is 346 g/mol. The number of aromatic nitrogens is 2. The lowest BCUT2D eigenvalue weighted by atomic mass is 10.1. The van der Waals surface area contributed by atoms with Gasteiger partial charge in [0.05, 0.1) is 16.9 Å². The monoisotopic (exact) mass is 345 g/mol. The highest BCUT2D eigenvalue weighted by Crippen LogP contribution is 2.31. The Morgan fingerprint density at radius 1 is 0.920 bits per heavy atom. The van der Waals surface area contributed by atoms with Gasteiger partial charge in [0.15, 0.2) is 0 Å². The molecule has 0 saturated carbocycles. The van der Waals surface area contributed by atoms with Gasteiger partial charge in [-0.25, -0.2) is 4.98 Å². The van der Waals surface area contributed by atoms with Crippen molar-refractivity contribution < 1.29 is 0 Å². The molecule has 122 valence electrons. The summed E-state index contributed by atoms with van der Waals surface area (Å²) in [6, 6.07) is 20.1. The van der Waals surface area contributed by atoms with Gasteiger partial charge in [-0.3, -0.25) is 4.98 Å². The first kappa shape index (κ1) is 15.6. The lowest BCUT2D eigenvalue weighted by Crippen LogP contribution is -1.95. The Morgan fingerprint density at radius 2 is 1.72 bits per heavy atom. The van der Waals surface area contributed by atoms with Crippen LogP contribution in [0.4, 0.5) is 11.4 Å². The molecule has 25 heavy (non-hydrogen) atoms. The number of para-hydroxylation sites is 1. The first-order valence-corrected chi connectivity index (χ1v) is 8.42. The fraction of sp³-hybridized carbons (Fsp3) is 0.0476. The van der Waals surface area contributed by atoms with E-state index in [0.717, 1.165) is 44.1 Å². The molecule has 0 saturated heterocycles. The zero-order chi connectivity index (χ0) is 17.2. The molecule has 4 aromatic rings. The second-order valence-corrected chi connectivity index (χ2v) is 6.30. The summed E-state index contributed by atoms with van der Waals surface area (Å²) < 4.78 is 0. The second-order valence-electron chi connectivity index (χ2n) is 5.90. The third-order valence-corrected chi connectivity index (χ3v) is 4.55. The first-order chi connectivity index (χ1) is 12.2. The van der Waals surface area contributed by atoms with Crippen LogP contribution >= 0.6 is 11.6 Å². The molecule has 0 aliphatic heterocycles. The van der Waals surface area contributed by atoms with Crippen LogP contribution in [0.2, 0.25) is 5.02 Å². The molecule has 4 heteroatoms. The highest BCUT2D eigenvalue weighted by molar-refractivity contribution is 6.31. The van der Waals surface area contributed by atoms with Gasteiger partial charge in [0.1, 0.15) is 0 Å². The summed E-state index contributed by atoms with van der Waals surface area (Å²) in [7, 11) is 0. The zero-order valence-electron chi connectivity index (χ0n) is 13.7. The molecule has 3 nitrogen and oxygen atoms in total. The smallest absolute Gasteiger partial charge is 0.0730 e. The Labute approximate surface area is 151 Å². The number of hydrogen-bond acceptors (Lipinski definition) is 3. The highest BCUT2D eigenvalue weighted by Gasteiger charge is 2.09. The molecular formula is C21H16ClN3. The molecule has 0 radical (unpaired) electrons. The van der Waals surface area contributed by atoms with Gasteiger partial charge in [0.2, 0.25) is 0 Å². The van der Waals surface area contributed by atoms with Gasteiger partial charge in [-0.05, 0) is 42.8 Å². The van der Waals surface area contributed by atoms with Crippen molar-refractivity contribution in [1.29, 1.82) is 0 Å². The van der Waals surface area contributed by atoms with Gasteiger partial charge in [-0.15, -0.1) is 0 Å². The number of nitrogens with one attached hydrogen (secondary N) is 1. The minimum atomic E-state index is 0.746. The Balaban J connectivity index is 1.87. The lowest BCUT2D eigenvalue weighted by molar-refractivity contribution is 1.32. The van der Waals surface area contributed by atoms with E-state index in [1.807, 2.05) is 49.4 Å². The van der Waals surface area contributed by atoms with E-state index < -0.39 is 0 Å². The summed E-state index contributed by atoms with van der Waals surface area (Å²) in [5, 5.41) is 5.29. The normalized spacial score (nSPS) is 10.8. The van der Waals surface area contributed by atoms with Gasteiger partial charge < -0.3 is 5.32 Å². The van der Waals surface area contributed by atoms with E-state index in [9.17, 15) is 0 Å². The predicted octanol–water partition coefficient (Wildman–Crippen LogP) is 6.00. The van der Waals surface area contributed by atoms with Crippen LogP contribution in [-0.2, 0) is 0 Å². The molecule has 0 aliphatic rings. The third kappa shape index (κ3) is 3.19. The standard InChI is InChI=1S/C21H16ClN3/c1-14-6-7-15(12-18(14)22)20-13-21(24-16-8-10-23-11-9-16)17-4-2-3-5-19(17)25-20/h2-13H,1H3,(H,23,24,25). The highest BCUT2D eigenvalue weighted by atomic mass is 35.5. The first-order valence-electron chi connectivity index (χ1n) is 8.04. The van der Waals surface area contributed by atoms with Crippen LogP contribution in [0.3, 0.4) is 0 Å². The van der Waals surface area contributed by atoms with Gasteiger partial charge in [0, 0.05) is 34.1 Å². The van der Waals surface area contributed by atoms with Crippen LogP contribution in [-0.4, -0.2) is 9.97 Å².